The standard InChI is InChI=1S/C24H40N4O3/c1-15(2)11-19(12-16(3)4)25-27-23(29)21-9-10-22(31-21)24(30)28-26-20(13-17(5)6)14-18(7)8/h9-10,15-18H,11-14H2,1-8H3,(H,27,29)(H,28,30). The number of hydrogen-bond donors (Lipinski definition) is 2. The van der Waals surface area contributed by atoms with Gasteiger partial charge in [-0.25, -0.2) is 10.9 Å². The fraction of sp³-hybridized carbons (Fsp3) is 0.667. The SMILES string of the molecule is CC(C)CC(CC(C)C)=NNC(=O)c1ccc(C(=O)NN=C(CC(C)C)CC(C)C)o1. The summed E-state index contributed by atoms with van der Waals surface area (Å²) in [6.45, 7) is 16.9. The number of rotatable bonds is 12. The number of hydrazone groups is 2. The van der Waals surface area contributed by atoms with Crippen LogP contribution in [0.25, 0.3) is 0 Å². The third-order valence-corrected chi connectivity index (χ3v) is 4.26. The second kappa shape index (κ2) is 13.1. The molecule has 2 amide bonds. The van der Waals surface area contributed by atoms with E-state index in [1.54, 1.807) is 0 Å². The summed E-state index contributed by atoms with van der Waals surface area (Å²) in [5.41, 5.74) is 6.99. The molecular formula is C24H40N4O3. The number of hydrogen-bond acceptors (Lipinski definition) is 5. The maximum Gasteiger partial charge on any atom is 0.307 e. The lowest BCUT2D eigenvalue weighted by Gasteiger charge is -2.11. The molecule has 7 heteroatoms. The molecular weight excluding hydrogens is 392 g/mol. The summed E-state index contributed by atoms with van der Waals surface area (Å²) >= 11 is 0. The lowest BCUT2D eigenvalue weighted by Crippen LogP contribution is -2.22. The van der Waals surface area contributed by atoms with Crippen molar-refractivity contribution in [3.8, 4) is 0 Å². The Labute approximate surface area is 187 Å². The summed E-state index contributed by atoms with van der Waals surface area (Å²) in [6, 6.07) is 2.94. The van der Waals surface area contributed by atoms with E-state index in [0.717, 1.165) is 37.1 Å². The molecule has 0 radical (unpaired) electrons. The Kier molecular flexibility index (Phi) is 11.2. The Bertz CT molecular complexity index is 687. The van der Waals surface area contributed by atoms with E-state index in [1.165, 1.54) is 12.1 Å². The highest BCUT2D eigenvalue weighted by Crippen LogP contribution is 2.12. The first kappa shape index (κ1) is 26.6. The highest BCUT2D eigenvalue weighted by atomic mass is 16.4. The zero-order valence-electron chi connectivity index (χ0n) is 20.4. The fourth-order valence-electron chi connectivity index (χ4n) is 3.19. The van der Waals surface area contributed by atoms with Crippen molar-refractivity contribution in [2.75, 3.05) is 0 Å². The van der Waals surface area contributed by atoms with Gasteiger partial charge in [-0.15, -0.1) is 0 Å². The van der Waals surface area contributed by atoms with Crippen molar-refractivity contribution in [1.29, 1.82) is 0 Å². The van der Waals surface area contributed by atoms with E-state index in [0.29, 0.717) is 23.7 Å². The van der Waals surface area contributed by atoms with E-state index >= 15 is 0 Å². The van der Waals surface area contributed by atoms with Crippen molar-refractivity contribution in [3.63, 3.8) is 0 Å². The Hall–Kier alpha value is -2.44. The molecule has 0 aliphatic carbocycles. The van der Waals surface area contributed by atoms with Gasteiger partial charge in [0.1, 0.15) is 0 Å². The van der Waals surface area contributed by atoms with Crippen LogP contribution >= 0.6 is 0 Å². The van der Waals surface area contributed by atoms with Crippen molar-refractivity contribution in [1.82, 2.24) is 10.9 Å². The van der Waals surface area contributed by atoms with Gasteiger partial charge in [0.05, 0.1) is 0 Å². The van der Waals surface area contributed by atoms with Crippen LogP contribution in [0.2, 0.25) is 0 Å². The molecule has 1 aromatic heterocycles. The van der Waals surface area contributed by atoms with Gasteiger partial charge in [0, 0.05) is 11.4 Å². The van der Waals surface area contributed by atoms with Crippen LogP contribution < -0.4 is 10.9 Å². The van der Waals surface area contributed by atoms with Crippen molar-refractivity contribution in [2.45, 2.75) is 81.1 Å². The van der Waals surface area contributed by atoms with Crippen LogP contribution in [0.1, 0.15) is 102 Å². The topological polar surface area (TPSA) is 96.1 Å². The molecule has 0 saturated heterocycles. The molecule has 0 atom stereocenters. The van der Waals surface area contributed by atoms with Crippen LogP contribution in [0, 0.1) is 23.7 Å². The highest BCUT2D eigenvalue weighted by Gasteiger charge is 2.16. The Morgan fingerprint density at radius 3 is 1.23 bits per heavy atom. The number of carbonyl (C=O) groups is 2. The minimum absolute atomic E-state index is 0.0379. The van der Waals surface area contributed by atoms with Crippen LogP contribution in [0.4, 0.5) is 0 Å². The van der Waals surface area contributed by atoms with Gasteiger partial charge in [0.2, 0.25) is 0 Å². The van der Waals surface area contributed by atoms with E-state index in [9.17, 15) is 9.59 Å². The van der Waals surface area contributed by atoms with E-state index in [4.69, 9.17) is 4.42 Å². The summed E-state index contributed by atoms with van der Waals surface area (Å²) < 4.78 is 5.43. The molecule has 1 aromatic rings. The minimum Gasteiger partial charge on any atom is -0.446 e. The Morgan fingerprint density at radius 2 is 0.968 bits per heavy atom. The van der Waals surface area contributed by atoms with Crippen molar-refractivity contribution >= 4 is 23.2 Å². The molecule has 7 nitrogen and oxygen atoms in total. The summed E-state index contributed by atoms with van der Waals surface area (Å²) in [4.78, 5) is 24.8. The molecule has 31 heavy (non-hydrogen) atoms. The van der Waals surface area contributed by atoms with Gasteiger partial charge in [-0.1, -0.05) is 55.4 Å². The van der Waals surface area contributed by atoms with Gasteiger partial charge < -0.3 is 4.42 Å². The van der Waals surface area contributed by atoms with E-state index in [2.05, 4.69) is 76.4 Å². The number of amides is 2. The molecule has 0 unspecified atom stereocenters. The average molecular weight is 433 g/mol. The minimum atomic E-state index is -0.479. The predicted octanol–water partition coefficient (Wildman–Crippen LogP) is 5.64. The lowest BCUT2D eigenvalue weighted by atomic mass is 9.99. The average Bonchev–Trinajstić information content (AvgIpc) is 3.12. The fourth-order valence-corrected chi connectivity index (χ4v) is 3.19. The summed E-state index contributed by atoms with van der Waals surface area (Å²) in [5.74, 6) is 0.915. The molecule has 0 aliphatic heterocycles. The van der Waals surface area contributed by atoms with Gasteiger partial charge in [-0.2, -0.15) is 10.2 Å². The lowest BCUT2D eigenvalue weighted by molar-refractivity contribution is 0.0901. The Morgan fingerprint density at radius 1 is 0.677 bits per heavy atom. The van der Waals surface area contributed by atoms with Crippen LogP contribution in [-0.4, -0.2) is 23.2 Å². The van der Waals surface area contributed by atoms with Crippen molar-refractivity contribution in [3.05, 3.63) is 23.7 Å². The smallest absolute Gasteiger partial charge is 0.307 e. The zero-order chi connectivity index (χ0) is 23.6. The molecule has 0 fully saturated rings. The van der Waals surface area contributed by atoms with Crippen LogP contribution in [0.3, 0.4) is 0 Å². The largest absolute Gasteiger partial charge is 0.446 e. The van der Waals surface area contributed by atoms with Crippen molar-refractivity contribution in [2.24, 2.45) is 33.9 Å². The molecule has 2 N–H and O–H groups in total. The Balaban J connectivity index is 2.80. The zero-order valence-corrected chi connectivity index (χ0v) is 20.4. The van der Waals surface area contributed by atoms with Gasteiger partial charge in [0.15, 0.2) is 11.5 Å². The first-order valence-electron chi connectivity index (χ1n) is 11.3. The molecule has 0 spiro atoms. The van der Waals surface area contributed by atoms with Gasteiger partial charge in [-0.3, -0.25) is 9.59 Å². The van der Waals surface area contributed by atoms with Crippen molar-refractivity contribution < 1.29 is 14.0 Å². The molecule has 0 bridgehead atoms. The van der Waals surface area contributed by atoms with Gasteiger partial charge in [-0.05, 0) is 61.5 Å². The number of nitrogens with zero attached hydrogens (tertiary/aromatic N) is 2. The monoisotopic (exact) mass is 432 g/mol. The molecule has 1 heterocycles. The van der Waals surface area contributed by atoms with Gasteiger partial charge >= 0.3 is 11.8 Å². The summed E-state index contributed by atoms with van der Waals surface area (Å²) in [6.07, 6.45) is 3.27. The summed E-state index contributed by atoms with van der Waals surface area (Å²) in [7, 11) is 0. The third kappa shape index (κ3) is 10.9. The van der Waals surface area contributed by atoms with Crippen LogP contribution in [-0.2, 0) is 0 Å². The van der Waals surface area contributed by atoms with E-state index in [-0.39, 0.29) is 11.5 Å². The molecule has 1 rings (SSSR count). The van der Waals surface area contributed by atoms with Crippen LogP contribution in [0.15, 0.2) is 26.8 Å². The molecule has 174 valence electrons. The second-order valence-electron chi connectivity index (χ2n) is 9.79. The first-order chi connectivity index (χ1) is 14.5. The summed E-state index contributed by atoms with van der Waals surface area (Å²) in [5, 5.41) is 8.57. The normalized spacial score (nSPS) is 11.2. The number of nitrogens with one attached hydrogen (secondary N) is 2. The first-order valence-corrected chi connectivity index (χ1v) is 11.3. The quantitative estimate of drug-likeness (QED) is 0.331. The second-order valence-corrected chi connectivity index (χ2v) is 9.79. The molecule has 0 aromatic carbocycles. The van der Waals surface area contributed by atoms with Crippen LogP contribution in [0.5, 0.6) is 0 Å². The number of carbonyl (C=O) groups excluding carboxylic acids is 2. The predicted molar refractivity (Wildman–Crippen MR) is 126 cm³/mol. The van der Waals surface area contributed by atoms with Gasteiger partial charge in [0.25, 0.3) is 0 Å². The molecule has 0 aliphatic rings. The highest BCUT2D eigenvalue weighted by molar-refractivity contribution is 5.97. The number of furan rings is 1. The van der Waals surface area contributed by atoms with E-state index < -0.39 is 11.8 Å². The maximum absolute atomic E-state index is 12.4. The maximum atomic E-state index is 12.4. The molecule has 0 saturated carbocycles. The van der Waals surface area contributed by atoms with E-state index in [1.807, 2.05) is 0 Å². The third-order valence-electron chi connectivity index (χ3n) is 4.26.